The summed E-state index contributed by atoms with van der Waals surface area (Å²) >= 11 is 0. The van der Waals surface area contributed by atoms with Crippen LogP contribution in [0.4, 0.5) is 11.6 Å². The van der Waals surface area contributed by atoms with Gasteiger partial charge in [-0.05, 0) is 32.1 Å². The van der Waals surface area contributed by atoms with Gasteiger partial charge in [-0.15, -0.1) is 0 Å². The monoisotopic (exact) mass is 394 g/mol. The molecule has 2 aliphatic rings. The number of carbonyl (C=O) groups excluding carboxylic acids is 1. The standard InChI is InChI=1S/C22H30N6O/c1-15-7-5-6-8-17(15)20-18-13-27(22-21(23-2)24-9-10-25-22)11-16(18)12-28(20)19(29)14-26(3)4/h5-10,16,18,20H,11-14H2,1-4H3,(H,23,24)/t16-,18-,20+/m1/s1. The Morgan fingerprint density at radius 3 is 2.66 bits per heavy atom. The molecule has 1 amide bonds. The number of benzene rings is 1. The van der Waals surface area contributed by atoms with Crippen molar-refractivity contribution in [3.8, 4) is 0 Å². The molecule has 0 spiro atoms. The molecule has 1 aromatic carbocycles. The maximum atomic E-state index is 13.1. The molecular weight excluding hydrogens is 364 g/mol. The van der Waals surface area contributed by atoms with Crippen LogP contribution in [0.2, 0.25) is 0 Å². The third kappa shape index (κ3) is 3.67. The second-order valence-corrected chi connectivity index (χ2v) is 8.39. The van der Waals surface area contributed by atoms with E-state index in [1.54, 1.807) is 12.4 Å². The largest absolute Gasteiger partial charge is 0.370 e. The van der Waals surface area contributed by atoms with Crippen molar-refractivity contribution in [2.45, 2.75) is 13.0 Å². The summed E-state index contributed by atoms with van der Waals surface area (Å²) in [5, 5.41) is 3.15. The molecule has 0 bridgehead atoms. The van der Waals surface area contributed by atoms with E-state index in [9.17, 15) is 4.79 Å². The van der Waals surface area contributed by atoms with E-state index in [1.165, 1.54) is 11.1 Å². The van der Waals surface area contributed by atoms with Gasteiger partial charge in [0.05, 0.1) is 12.6 Å². The summed E-state index contributed by atoms with van der Waals surface area (Å²) in [6.45, 7) is 5.16. The lowest BCUT2D eigenvalue weighted by atomic mass is 9.87. The molecule has 154 valence electrons. The number of aryl methyl sites for hydroxylation is 1. The summed E-state index contributed by atoms with van der Waals surface area (Å²) in [5.74, 6) is 2.73. The molecule has 0 unspecified atom stereocenters. The molecule has 2 fully saturated rings. The topological polar surface area (TPSA) is 64.6 Å². The number of carbonyl (C=O) groups is 1. The number of likely N-dealkylation sites (tertiary alicyclic amines) is 1. The van der Waals surface area contributed by atoms with Crippen molar-refractivity contribution < 1.29 is 4.79 Å². The van der Waals surface area contributed by atoms with Gasteiger partial charge >= 0.3 is 0 Å². The van der Waals surface area contributed by atoms with Gasteiger partial charge < -0.3 is 20.0 Å². The number of nitrogens with zero attached hydrogens (tertiary/aromatic N) is 5. The van der Waals surface area contributed by atoms with E-state index >= 15 is 0 Å². The van der Waals surface area contributed by atoms with Crippen molar-refractivity contribution >= 4 is 17.5 Å². The van der Waals surface area contributed by atoms with E-state index in [0.29, 0.717) is 18.4 Å². The molecule has 2 aromatic rings. The first-order valence-corrected chi connectivity index (χ1v) is 10.2. The average Bonchev–Trinajstić information content (AvgIpc) is 3.26. The van der Waals surface area contributed by atoms with Crippen LogP contribution in [0.3, 0.4) is 0 Å². The number of hydrogen-bond acceptors (Lipinski definition) is 6. The van der Waals surface area contributed by atoms with Crippen molar-refractivity contribution in [2.24, 2.45) is 11.8 Å². The van der Waals surface area contributed by atoms with E-state index in [1.807, 2.05) is 26.0 Å². The number of aromatic nitrogens is 2. The Labute approximate surface area is 172 Å². The molecule has 7 heteroatoms. The first kappa shape index (κ1) is 19.6. The molecule has 3 atom stereocenters. The van der Waals surface area contributed by atoms with Crippen molar-refractivity contribution in [3.05, 3.63) is 47.8 Å². The van der Waals surface area contributed by atoms with Gasteiger partial charge in [-0.3, -0.25) is 4.79 Å². The number of fused-ring (bicyclic) bond motifs is 1. The SMILES string of the molecule is CNc1nccnc1N1C[C@@H]2CN(C(=O)CN(C)C)[C@@H](c3ccccc3C)[C@@H]2C1. The molecule has 0 aliphatic carbocycles. The van der Waals surface area contributed by atoms with Crippen LogP contribution in [-0.2, 0) is 4.79 Å². The van der Waals surface area contributed by atoms with E-state index < -0.39 is 0 Å². The fourth-order valence-corrected chi connectivity index (χ4v) is 4.89. The van der Waals surface area contributed by atoms with E-state index in [-0.39, 0.29) is 11.9 Å². The van der Waals surface area contributed by atoms with E-state index in [0.717, 1.165) is 31.3 Å². The highest BCUT2D eigenvalue weighted by atomic mass is 16.2. The summed E-state index contributed by atoms with van der Waals surface area (Å²) in [6, 6.07) is 8.58. The van der Waals surface area contributed by atoms with Gasteiger partial charge in [-0.2, -0.15) is 0 Å². The summed E-state index contributed by atoms with van der Waals surface area (Å²) < 4.78 is 0. The minimum absolute atomic E-state index is 0.105. The lowest BCUT2D eigenvalue weighted by Gasteiger charge is -2.32. The number of amides is 1. The summed E-state index contributed by atoms with van der Waals surface area (Å²) in [7, 11) is 5.78. The van der Waals surface area contributed by atoms with Gasteiger partial charge in [-0.1, -0.05) is 24.3 Å². The number of hydrogen-bond donors (Lipinski definition) is 1. The molecule has 0 radical (unpaired) electrons. The Bertz CT molecular complexity index is 885. The Hall–Kier alpha value is -2.67. The number of anilines is 2. The molecule has 7 nitrogen and oxygen atoms in total. The van der Waals surface area contributed by atoms with Crippen molar-refractivity contribution in [1.29, 1.82) is 0 Å². The highest BCUT2D eigenvalue weighted by molar-refractivity contribution is 5.79. The summed E-state index contributed by atoms with van der Waals surface area (Å²) in [6.07, 6.45) is 3.46. The van der Waals surface area contributed by atoms with Crippen LogP contribution in [0.25, 0.3) is 0 Å². The van der Waals surface area contributed by atoms with Crippen LogP contribution in [0, 0.1) is 18.8 Å². The van der Waals surface area contributed by atoms with Crippen LogP contribution in [0.5, 0.6) is 0 Å². The van der Waals surface area contributed by atoms with Crippen molar-refractivity contribution in [3.63, 3.8) is 0 Å². The van der Waals surface area contributed by atoms with Crippen molar-refractivity contribution in [1.82, 2.24) is 19.8 Å². The van der Waals surface area contributed by atoms with Gasteiger partial charge in [0.2, 0.25) is 5.91 Å². The Kier molecular flexibility index (Phi) is 5.41. The fourth-order valence-electron chi connectivity index (χ4n) is 4.89. The quantitative estimate of drug-likeness (QED) is 0.837. The minimum atomic E-state index is 0.105. The number of nitrogens with one attached hydrogen (secondary N) is 1. The zero-order chi connectivity index (χ0) is 20.5. The third-order valence-electron chi connectivity index (χ3n) is 6.16. The highest BCUT2D eigenvalue weighted by Gasteiger charge is 2.49. The molecule has 4 rings (SSSR count). The lowest BCUT2D eigenvalue weighted by molar-refractivity contribution is -0.133. The first-order chi connectivity index (χ1) is 14.0. The Balaban J connectivity index is 1.65. The Morgan fingerprint density at radius 2 is 1.93 bits per heavy atom. The minimum Gasteiger partial charge on any atom is -0.370 e. The number of rotatable bonds is 5. The fraction of sp³-hybridized carbons (Fsp3) is 0.500. The van der Waals surface area contributed by atoms with Crippen molar-refractivity contribution in [2.75, 3.05) is 57.5 Å². The molecule has 1 N–H and O–H groups in total. The van der Waals surface area contributed by atoms with Gasteiger partial charge in [0.25, 0.3) is 0 Å². The smallest absolute Gasteiger partial charge is 0.237 e. The van der Waals surface area contributed by atoms with Crippen LogP contribution in [-0.4, -0.2) is 73.0 Å². The summed E-state index contributed by atoms with van der Waals surface area (Å²) in [4.78, 5) is 28.5. The summed E-state index contributed by atoms with van der Waals surface area (Å²) in [5.41, 5.74) is 2.51. The van der Waals surface area contributed by atoms with Crippen LogP contribution in [0.15, 0.2) is 36.7 Å². The maximum Gasteiger partial charge on any atom is 0.237 e. The second-order valence-electron chi connectivity index (χ2n) is 8.39. The molecule has 2 saturated heterocycles. The number of likely N-dealkylation sites (N-methyl/N-ethyl adjacent to an activating group) is 1. The molecule has 3 heterocycles. The zero-order valence-corrected chi connectivity index (χ0v) is 17.7. The van der Waals surface area contributed by atoms with Crippen LogP contribution >= 0.6 is 0 Å². The van der Waals surface area contributed by atoms with Crippen LogP contribution < -0.4 is 10.2 Å². The first-order valence-electron chi connectivity index (χ1n) is 10.2. The molecular formula is C22H30N6O. The van der Waals surface area contributed by atoms with Gasteiger partial charge in [-0.25, -0.2) is 9.97 Å². The molecule has 1 aromatic heterocycles. The van der Waals surface area contributed by atoms with E-state index in [2.05, 4.69) is 56.3 Å². The van der Waals surface area contributed by atoms with Crippen LogP contribution in [0.1, 0.15) is 17.2 Å². The van der Waals surface area contributed by atoms with Gasteiger partial charge in [0.15, 0.2) is 11.6 Å². The highest BCUT2D eigenvalue weighted by Crippen LogP contribution is 2.47. The molecule has 0 saturated carbocycles. The predicted molar refractivity (Wildman–Crippen MR) is 115 cm³/mol. The molecule has 2 aliphatic heterocycles. The zero-order valence-electron chi connectivity index (χ0n) is 17.7. The second kappa shape index (κ2) is 7.99. The van der Waals surface area contributed by atoms with Gasteiger partial charge in [0.1, 0.15) is 0 Å². The Morgan fingerprint density at radius 1 is 1.17 bits per heavy atom. The average molecular weight is 395 g/mol. The molecule has 29 heavy (non-hydrogen) atoms. The predicted octanol–water partition coefficient (Wildman–Crippen LogP) is 2.02. The van der Waals surface area contributed by atoms with E-state index in [4.69, 9.17) is 0 Å². The maximum absolute atomic E-state index is 13.1. The third-order valence-corrected chi connectivity index (χ3v) is 6.16. The lowest BCUT2D eigenvalue weighted by Crippen LogP contribution is -2.40. The normalized spacial score (nSPS) is 23.6. The van der Waals surface area contributed by atoms with Gasteiger partial charge in [0, 0.05) is 50.9 Å².